The maximum Gasteiger partial charge on any atom is 0.387 e. The van der Waals surface area contributed by atoms with Gasteiger partial charge in [-0.25, -0.2) is 0 Å². The van der Waals surface area contributed by atoms with Gasteiger partial charge in [-0.2, -0.15) is 8.78 Å². The molecule has 2 aromatic rings. The van der Waals surface area contributed by atoms with Crippen LogP contribution in [0.15, 0.2) is 28.8 Å². The Morgan fingerprint density at radius 3 is 2.74 bits per heavy atom. The molecule has 1 aromatic carbocycles. The molecule has 148 valence electrons. The molecule has 2 rings (SSSR count). The summed E-state index contributed by atoms with van der Waals surface area (Å²) in [6, 6.07) is 6.45. The van der Waals surface area contributed by atoms with E-state index in [2.05, 4.69) is 15.2 Å². The van der Waals surface area contributed by atoms with Crippen molar-refractivity contribution >= 4 is 11.7 Å². The third-order valence-electron chi connectivity index (χ3n) is 3.59. The lowest BCUT2D eigenvalue weighted by atomic mass is 10.2. The van der Waals surface area contributed by atoms with Gasteiger partial charge in [0.2, 0.25) is 5.91 Å². The molecule has 0 saturated carbocycles. The van der Waals surface area contributed by atoms with Gasteiger partial charge in [-0.3, -0.25) is 4.79 Å². The summed E-state index contributed by atoms with van der Waals surface area (Å²) in [6.45, 7) is 1.95. The summed E-state index contributed by atoms with van der Waals surface area (Å²) < 4.78 is 39.6. The lowest BCUT2D eigenvalue weighted by Crippen LogP contribution is -2.24. The standard InChI is InChI=1S/C18H23F2N3O4/c1-4-25-15-10-13(5-6-14(15)26-18(19)20)11-23(3)8-7-17(24)21-16-9-12(2)27-22-16/h5-6,9-10,18H,4,7-8,11H2,1-3H3,(H,21,22,24). The van der Waals surface area contributed by atoms with Gasteiger partial charge in [0, 0.05) is 25.6 Å². The number of aromatic nitrogens is 1. The van der Waals surface area contributed by atoms with Gasteiger partial charge in [0.25, 0.3) is 0 Å². The first-order valence-electron chi connectivity index (χ1n) is 8.49. The van der Waals surface area contributed by atoms with Crippen LogP contribution in [0.25, 0.3) is 0 Å². The Hall–Kier alpha value is -2.68. The van der Waals surface area contributed by atoms with Crippen molar-refractivity contribution < 1.29 is 27.6 Å². The molecule has 0 bridgehead atoms. The number of aryl methyl sites for hydroxylation is 1. The second kappa shape index (κ2) is 9.86. The molecule has 0 saturated heterocycles. The Morgan fingerprint density at radius 1 is 1.33 bits per heavy atom. The average Bonchev–Trinajstić information content (AvgIpc) is 3.00. The smallest absolute Gasteiger partial charge is 0.387 e. The van der Waals surface area contributed by atoms with Crippen molar-refractivity contribution in [3.8, 4) is 11.5 Å². The molecule has 1 heterocycles. The molecule has 27 heavy (non-hydrogen) atoms. The molecule has 1 aromatic heterocycles. The molecule has 0 fully saturated rings. The predicted octanol–water partition coefficient (Wildman–Crippen LogP) is 3.44. The summed E-state index contributed by atoms with van der Waals surface area (Å²) >= 11 is 0. The van der Waals surface area contributed by atoms with E-state index < -0.39 is 6.61 Å². The molecular weight excluding hydrogens is 360 g/mol. The summed E-state index contributed by atoms with van der Waals surface area (Å²) in [6.07, 6.45) is 0.271. The highest BCUT2D eigenvalue weighted by Crippen LogP contribution is 2.30. The Bertz CT molecular complexity index is 752. The van der Waals surface area contributed by atoms with Crippen molar-refractivity contribution in [3.63, 3.8) is 0 Å². The molecule has 0 aliphatic heterocycles. The van der Waals surface area contributed by atoms with E-state index in [1.165, 1.54) is 6.07 Å². The zero-order chi connectivity index (χ0) is 19.8. The van der Waals surface area contributed by atoms with E-state index in [4.69, 9.17) is 9.26 Å². The molecule has 1 N–H and O–H groups in total. The summed E-state index contributed by atoms with van der Waals surface area (Å²) in [5, 5.41) is 6.36. The topological polar surface area (TPSA) is 76.8 Å². The van der Waals surface area contributed by atoms with Crippen molar-refractivity contribution in [3.05, 3.63) is 35.6 Å². The number of hydrogen-bond donors (Lipinski definition) is 1. The van der Waals surface area contributed by atoms with Crippen molar-refractivity contribution in [2.75, 3.05) is 25.5 Å². The molecule has 0 spiro atoms. The molecule has 0 atom stereocenters. The van der Waals surface area contributed by atoms with E-state index >= 15 is 0 Å². The van der Waals surface area contributed by atoms with Gasteiger partial charge >= 0.3 is 6.61 Å². The quantitative estimate of drug-likeness (QED) is 0.677. The van der Waals surface area contributed by atoms with Crippen LogP contribution < -0.4 is 14.8 Å². The van der Waals surface area contributed by atoms with Crippen LogP contribution in [0.5, 0.6) is 11.5 Å². The third kappa shape index (κ3) is 6.86. The second-order valence-electron chi connectivity index (χ2n) is 5.95. The van der Waals surface area contributed by atoms with Gasteiger partial charge in [-0.15, -0.1) is 0 Å². The number of anilines is 1. The van der Waals surface area contributed by atoms with E-state index in [1.54, 1.807) is 32.0 Å². The molecule has 0 radical (unpaired) electrons. The van der Waals surface area contributed by atoms with E-state index in [1.807, 2.05) is 11.9 Å². The predicted molar refractivity (Wildman–Crippen MR) is 95.1 cm³/mol. The first-order chi connectivity index (χ1) is 12.9. The molecule has 0 aliphatic rings. The average molecular weight is 383 g/mol. The van der Waals surface area contributed by atoms with Gasteiger partial charge in [0.1, 0.15) is 5.76 Å². The number of ether oxygens (including phenoxy) is 2. The summed E-state index contributed by atoms with van der Waals surface area (Å²) in [4.78, 5) is 13.9. The zero-order valence-electron chi connectivity index (χ0n) is 15.5. The molecule has 9 heteroatoms. The van der Waals surface area contributed by atoms with E-state index in [0.717, 1.165) is 5.56 Å². The molecule has 7 nitrogen and oxygen atoms in total. The molecule has 0 aliphatic carbocycles. The minimum atomic E-state index is -2.91. The Kier molecular flexibility index (Phi) is 7.54. The fourth-order valence-corrected chi connectivity index (χ4v) is 2.43. The van der Waals surface area contributed by atoms with Crippen LogP contribution in [0.3, 0.4) is 0 Å². The minimum absolute atomic E-state index is 0.000497. The Morgan fingerprint density at radius 2 is 2.11 bits per heavy atom. The van der Waals surface area contributed by atoms with Crippen LogP contribution in [-0.4, -0.2) is 42.8 Å². The van der Waals surface area contributed by atoms with E-state index in [0.29, 0.717) is 31.3 Å². The van der Waals surface area contributed by atoms with Crippen molar-refractivity contribution in [2.24, 2.45) is 0 Å². The summed E-state index contributed by atoms with van der Waals surface area (Å²) in [5.74, 6) is 1.09. The van der Waals surface area contributed by atoms with Crippen molar-refractivity contribution in [1.82, 2.24) is 10.1 Å². The number of amides is 1. The monoisotopic (exact) mass is 383 g/mol. The highest BCUT2D eigenvalue weighted by molar-refractivity contribution is 5.89. The second-order valence-corrected chi connectivity index (χ2v) is 5.95. The minimum Gasteiger partial charge on any atom is -0.490 e. The van der Waals surface area contributed by atoms with Gasteiger partial charge in [-0.1, -0.05) is 11.2 Å². The maximum atomic E-state index is 12.5. The largest absolute Gasteiger partial charge is 0.490 e. The number of benzene rings is 1. The SMILES string of the molecule is CCOc1cc(CN(C)CCC(=O)Nc2cc(C)on2)ccc1OC(F)F. The fraction of sp³-hybridized carbons (Fsp3) is 0.444. The normalized spacial score (nSPS) is 11.1. The van der Waals surface area contributed by atoms with Gasteiger partial charge in [-0.05, 0) is 38.6 Å². The van der Waals surface area contributed by atoms with Crippen molar-refractivity contribution in [2.45, 2.75) is 33.4 Å². The van der Waals surface area contributed by atoms with Crippen LogP contribution in [-0.2, 0) is 11.3 Å². The van der Waals surface area contributed by atoms with Gasteiger partial charge in [0.05, 0.1) is 6.61 Å². The number of hydrogen-bond acceptors (Lipinski definition) is 6. The van der Waals surface area contributed by atoms with Crippen LogP contribution in [0.2, 0.25) is 0 Å². The number of alkyl halides is 2. The van der Waals surface area contributed by atoms with E-state index in [-0.39, 0.29) is 23.8 Å². The molecule has 0 unspecified atom stereocenters. The first kappa shape index (κ1) is 20.6. The fourth-order valence-electron chi connectivity index (χ4n) is 2.43. The number of carbonyl (C=O) groups is 1. The number of nitrogens with one attached hydrogen (secondary N) is 1. The Labute approximate surface area is 156 Å². The lowest BCUT2D eigenvalue weighted by molar-refractivity contribution is -0.116. The van der Waals surface area contributed by atoms with Gasteiger partial charge in [0.15, 0.2) is 17.3 Å². The first-order valence-corrected chi connectivity index (χ1v) is 8.49. The van der Waals surface area contributed by atoms with Crippen LogP contribution >= 0.6 is 0 Å². The van der Waals surface area contributed by atoms with E-state index in [9.17, 15) is 13.6 Å². The van der Waals surface area contributed by atoms with Crippen LogP contribution in [0, 0.1) is 6.92 Å². The number of nitrogens with zero attached hydrogens (tertiary/aromatic N) is 2. The number of carbonyl (C=O) groups excluding carboxylic acids is 1. The van der Waals surface area contributed by atoms with Crippen LogP contribution in [0.1, 0.15) is 24.7 Å². The number of rotatable bonds is 10. The van der Waals surface area contributed by atoms with Gasteiger partial charge < -0.3 is 24.2 Å². The highest BCUT2D eigenvalue weighted by atomic mass is 19.3. The zero-order valence-corrected chi connectivity index (χ0v) is 15.5. The molecular formula is C18H23F2N3O4. The van der Waals surface area contributed by atoms with Crippen molar-refractivity contribution in [1.29, 1.82) is 0 Å². The Balaban J connectivity index is 1.87. The third-order valence-corrected chi connectivity index (χ3v) is 3.59. The lowest BCUT2D eigenvalue weighted by Gasteiger charge is -2.18. The summed E-state index contributed by atoms with van der Waals surface area (Å²) in [7, 11) is 1.86. The number of halogens is 2. The molecule has 1 amide bonds. The summed E-state index contributed by atoms with van der Waals surface area (Å²) in [5.41, 5.74) is 0.857. The van der Waals surface area contributed by atoms with Crippen LogP contribution in [0.4, 0.5) is 14.6 Å². The maximum absolute atomic E-state index is 12.5. The highest BCUT2D eigenvalue weighted by Gasteiger charge is 2.13.